The molecule has 1 aliphatic rings. The molecular formula is C12H22IN3S. The summed E-state index contributed by atoms with van der Waals surface area (Å²) < 4.78 is 0. The van der Waals surface area contributed by atoms with Gasteiger partial charge < -0.3 is 10.6 Å². The zero-order chi connectivity index (χ0) is 11.8. The smallest absolute Gasteiger partial charge is 0.191 e. The molecule has 1 unspecified atom stereocenters. The van der Waals surface area contributed by atoms with Crippen molar-refractivity contribution in [1.82, 2.24) is 4.90 Å². The van der Waals surface area contributed by atoms with Gasteiger partial charge in [0.2, 0.25) is 0 Å². The number of halogens is 1. The summed E-state index contributed by atoms with van der Waals surface area (Å²) in [4.78, 5) is 6.58. The number of piperidine rings is 1. The Morgan fingerprint density at radius 1 is 1.65 bits per heavy atom. The van der Waals surface area contributed by atoms with Gasteiger partial charge in [-0.15, -0.1) is 42.2 Å². The van der Waals surface area contributed by atoms with Gasteiger partial charge in [0.25, 0.3) is 0 Å². The molecule has 3 nitrogen and oxygen atoms in total. The maximum atomic E-state index is 5.95. The quantitative estimate of drug-likeness (QED) is 0.272. The first-order valence-electron chi connectivity index (χ1n) is 5.80. The first kappa shape index (κ1) is 16.9. The maximum Gasteiger partial charge on any atom is 0.191 e. The van der Waals surface area contributed by atoms with E-state index in [9.17, 15) is 0 Å². The van der Waals surface area contributed by atoms with Crippen molar-refractivity contribution in [3.8, 4) is 12.3 Å². The monoisotopic (exact) mass is 367 g/mol. The van der Waals surface area contributed by atoms with E-state index >= 15 is 0 Å². The first-order valence-corrected chi connectivity index (χ1v) is 6.95. The van der Waals surface area contributed by atoms with Crippen LogP contribution in [0.5, 0.6) is 0 Å². The van der Waals surface area contributed by atoms with Crippen molar-refractivity contribution in [2.24, 2.45) is 16.6 Å². The molecule has 5 heteroatoms. The van der Waals surface area contributed by atoms with E-state index in [1.807, 2.05) is 0 Å². The predicted octanol–water partition coefficient (Wildman–Crippen LogP) is 2.02. The number of likely N-dealkylation sites (tertiary alicyclic amines) is 1. The number of rotatable bonds is 4. The predicted molar refractivity (Wildman–Crippen MR) is 88.0 cm³/mol. The van der Waals surface area contributed by atoms with Crippen molar-refractivity contribution in [2.75, 3.05) is 31.1 Å². The summed E-state index contributed by atoms with van der Waals surface area (Å²) in [6.45, 7) is 5.13. The van der Waals surface area contributed by atoms with Gasteiger partial charge in [-0.3, -0.25) is 4.99 Å². The molecule has 0 aromatic rings. The lowest BCUT2D eigenvalue weighted by molar-refractivity contribution is 0.270. The highest BCUT2D eigenvalue weighted by Crippen LogP contribution is 2.14. The molecule has 2 N–H and O–H groups in total. The Balaban J connectivity index is 0.00000256. The minimum Gasteiger partial charge on any atom is -0.370 e. The van der Waals surface area contributed by atoms with Crippen LogP contribution in [0, 0.1) is 18.3 Å². The molecule has 1 heterocycles. The van der Waals surface area contributed by atoms with Gasteiger partial charge in [-0.25, -0.2) is 0 Å². The summed E-state index contributed by atoms with van der Waals surface area (Å²) in [6.07, 6.45) is 7.70. The Kier molecular flexibility index (Phi) is 9.84. The average molecular weight is 367 g/mol. The van der Waals surface area contributed by atoms with E-state index in [0.717, 1.165) is 37.1 Å². The third kappa shape index (κ3) is 7.04. The number of guanidine groups is 1. The molecule has 0 bridgehead atoms. The summed E-state index contributed by atoms with van der Waals surface area (Å²) in [7, 11) is 0. The standard InChI is InChI=1S/C12H21N3S.HI/c1-3-8-16-9-6-14-12(13)15-7-4-5-11(2)10-15;/h1,11H,4-10H2,2H3,(H2,13,14);1H. The fraction of sp³-hybridized carbons (Fsp3) is 0.750. The van der Waals surface area contributed by atoms with Crippen molar-refractivity contribution in [3.63, 3.8) is 0 Å². The van der Waals surface area contributed by atoms with E-state index in [0.29, 0.717) is 5.96 Å². The first-order chi connectivity index (χ1) is 7.74. The second-order valence-corrected chi connectivity index (χ2v) is 5.30. The van der Waals surface area contributed by atoms with Crippen LogP contribution in [-0.4, -0.2) is 42.0 Å². The molecule has 1 atom stereocenters. The van der Waals surface area contributed by atoms with E-state index < -0.39 is 0 Å². The van der Waals surface area contributed by atoms with Gasteiger partial charge in [-0.1, -0.05) is 12.8 Å². The molecule has 1 fully saturated rings. The van der Waals surface area contributed by atoms with Crippen LogP contribution in [0.4, 0.5) is 0 Å². The van der Waals surface area contributed by atoms with Crippen LogP contribution in [0.1, 0.15) is 19.8 Å². The number of aliphatic imine (C=N–C) groups is 1. The Labute approximate surface area is 126 Å². The van der Waals surface area contributed by atoms with E-state index in [-0.39, 0.29) is 24.0 Å². The summed E-state index contributed by atoms with van der Waals surface area (Å²) in [5.41, 5.74) is 5.95. The molecule has 17 heavy (non-hydrogen) atoms. The van der Waals surface area contributed by atoms with Gasteiger partial charge in [0.05, 0.1) is 12.3 Å². The fourth-order valence-corrected chi connectivity index (χ4v) is 2.34. The molecule has 0 aromatic heterocycles. The zero-order valence-electron chi connectivity index (χ0n) is 10.4. The Bertz CT molecular complexity index is 275. The van der Waals surface area contributed by atoms with Gasteiger partial charge in [0.1, 0.15) is 0 Å². The third-order valence-corrected chi connectivity index (χ3v) is 3.52. The SMILES string of the molecule is C#CCSCCN=C(N)N1CCCC(C)C1.I. The molecule has 1 saturated heterocycles. The van der Waals surface area contributed by atoms with Crippen molar-refractivity contribution >= 4 is 41.7 Å². The van der Waals surface area contributed by atoms with Gasteiger partial charge in [-0.05, 0) is 18.8 Å². The average Bonchev–Trinajstić information content (AvgIpc) is 2.28. The topological polar surface area (TPSA) is 41.6 Å². The van der Waals surface area contributed by atoms with E-state index in [1.54, 1.807) is 11.8 Å². The van der Waals surface area contributed by atoms with E-state index in [4.69, 9.17) is 12.2 Å². The largest absolute Gasteiger partial charge is 0.370 e. The normalized spacial score (nSPS) is 20.6. The molecule has 0 amide bonds. The van der Waals surface area contributed by atoms with Crippen LogP contribution in [0.25, 0.3) is 0 Å². The highest BCUT2D eigenvalue weighted by Gasteiger charge is 2.17. The zero-order valence-corrected chi connectivity index (χ0v) is 13.5. The lowest BCUT2D eigenvalue weighted by atomic mass is 10.0. The van der Waals surface area contributed by atoms with Crippen LogP contribution < -0.4 is 5.73 Å². The molecule has 0 saturated carbocycles. The summed E-state index contributed by atoms with van der Waals surface area (Å²) in [6, 6.07) is 0. The van der Waals surface area contributed by atoms with Crippen LogP contribution >= 0.6 is 35.7 Å². The highest BCUT2D eigenvalue weighted by atomic mass is 127. The fourth-order valence-electron chi connectivity index (χ4n) is 1.85. The highest BCUT2D eigenvalue weighted by molar-refractivity contribution is 14.0. The van der Waals surface area contributed by atoms with E-state index in [1.165, 1.54) is 12.8 Å². The maximum absolute atomic E-state index is 5.95. The molecule has 0 radical (unpaired) electrons. The molecule has 98 valence electrons. The van der Waals surface area contributed by atoms with Crippen molar-refractivity contribution in [2.45, 2.75) is 19.8 Å². The number of hydrogen-bond acceptors (Lipinski definition) is 2. The number of hydrogen-bond donors (Lipinski definition) is 1. The van der Waals surface area contributed by atoms with Crippen molar-refractivity contribution < 1.29 is 0 Å². The number of thioether (sulfide) groups is 1. The minimum atomic E-state index is 0. The number of nitrogens with zero attached hydrogens (tertiary/aromatic N) is 2. The van der Waals surface area contributed by atoms with E-state index in [2.05, 4.69) is 22.7 Å². The van der Waals surface area contributed by atoms with Gasteiger partial charge >= 0.3 is 0 Å². The van der Waals surface area contributed by atoms with Crippen LogP contribution in [-0.2, 0) is 0 Å². The van der Waals surface area contributed by atoms with Gasteiger partial charge in [0.15, 0.2) is 5.96 Å². The summed E-state index contributed by atoms with van der Waals surface area (Å²) in [5.74, 6) is 5.75. The molecule has 0 aliphatic carbocycles. The second-order valence-electron chi connectivity index (χ2n) is 4.19. The van der Waals surface area contributed by atoms with Gasteiger partial charge in [0, 0.05) is 18.8 Å². The lowest BCUT2D eigenvalue weighted by Crippen LogP contribution is -2.43. The Morgan fingerprint density at radius 3 is 3.06 bits per heavy atom. The second kappa shape index (κ2) is 9.89. The van der Waals surface area contributed by atoms with Crippen LogP contribution in [0.3, 0.4) is 0 Å². The number of terminal acetylenes is 1. The summed E-state index contributed by atoms with van der Waals surface area (Å²) in [5, 5.41) is 0. The third-order valence-electron chi connectivity index (χ3n) is 2.68. The Hall–Kier alpha value is -0.0900. The van der Waals surface area contributed by atoms with Crippen LogP contribution in [0.15, 0.2) is 4.99 Å². The molecule has 1 rings (SSSR count). The lowest BCUT2D eigenvalue weighted by Gasteiger charge is -2.31. The van der Waals surface area contributed by atoms with Crippen molar-refractivity contribution in [3.05, 3.63) is 0 Å². The van der Waals surface area contributed by atoms with Gasteiger partial charge in [-0.2, -0.15) is 0 Å². The number of nitrogens with two attached hydrogens (primary N) is 1. The van der Waals surface area contributed by atoms with Crippen molar-refractivity contribution in [1.29, 1.82) is 0 Å². The molecule has 0 aromatic carbocycles. The minimum absolute atomic E-state index is 0. The Morgan fingerprint density at radius 2 is 2.41 bits per heavy atom. The molecular weight excluding hydrogens is 345 g/mol. The summed E-state index contributed by atoms with van der Waals surface area (Å²) >= 11 is 1.73. The molecule has 1 aliphatic heterocycles. The molecule has 0 spiro atoms. The van der Waals surface area contributed by atoms with Crippen LogP contribution in [0.2, 0.25) is 0 Å².